The number of primary amides is 1. The highest BCUT2D eigenvalue weighted by atomic mass is 16.1. The second-order valence-electron chi connectivity index (χ2n) is 4.47. The molecule has 1 aromatic heterocycles. The van der Waals surface area contributed by atoms with Gasteiger partial charge in [0.15, 0.2) is 6.29 Å². The fourth-order valence-electron chi connectivity index (χ4n) is 1.96. The quantitative estimate of drug-likeness (QED) is 0.807. The van der Waals surface area contributed by atoms with Crippen molar-refractivity contribution >= 4 is 12.2 Å². The summed E-state index contributed by atoms with van der Waals surface area (Å²) in [6, 6.07) is 6.73. The number of nitrogens with two attached hydrogens (primary N) is 1. The zero-order chi connectivity index (χ0) is 14.5. The van der Waals surface area contributed by atoms with Crippen molar-refractivity contribution in [3.63, 3.8) is 0 Å². The molecule has 0 aliphatic rings. The first-order valence-electron chi connectivity index (χ1n) is 6.47. The summed E-state index contributed by atoms with van der Waals surface area (Å²) in [6.45, 7) is 2.08. The summed E-state index contributed by atoms with van der Waals surface area (Å²) in [4.78, 5) is 22.1. The van der Waals surface area contributed by atoms with Gasteiger partial charge in [-0.15, -0.1) is 5.10 Å². The average Bonchev–Trinajstić information content (AvgIpc) is 2.88. The summed E-state index contributed by atoms with van der Waals surface area (Å²) in [5.41, 5.74) is 7.53. The predicted molar refractivity (Wildman–Crippen MR) is 73.9 cm³/mol. The van der Waals surface area contributed by atoms with E-state index >= 15 is 0 Å². The standard InChI is InChI=1S/C14H16N4O2/c1-2-3-4-13-12(9-19)16-17-18(13)11-7-5-10(6-8-11)14(15)20/h5-9H,2-4H2,1H3,(H2,15,20). The van der Waals surface area contributed by atoms with Gasteiger partial charge in [0.25, 0.3) is 0 Å². The van der Waals surface area contributed by atoms with Gasteiger partial charge in [0.2, 0.25) is 5.91 Å². The minimum atomic E-state index is -0.477. The van der Waals surface area contributed by atoms with Gasteiger partial charge in [-0.1, -0.05) is 18.6 Å². The minimum Gasteiger partial charge on any atom is -0.366 e. The van der Waals surface area contributed by atoms with Gasteiger partial charge in [-0.3, -0.25) is 9.59 Å². The van der Waals surface area contributed by atoms with Crippen molar-refractivity contribution in [1.29, 1.82) is 0 Å². The third-order valence-electron chi connectivity index (χ3n) is 3.07. The molecule has 2 N–H and O–H groups in total. The Kier molecular flexibility index (Phi) is 4.24. The van der Waals surface area contributed by atoms with E-state index in [2.05, 4.69) is 17.2 Å². The van der Waals surface area contributed by atoms with E-state index in [0.717, 1.165) is 30.6 Å². The van der Waals surface area contributed by atoms with Crippen LogP contribution in [-0.2, 0) is 6.42 Å². The van der Waals surface area contributed by atoms with Crippen molar-refractivity contribution in [2.45, 2.75) is 26.2 Å². The van der Waals surface area contributed by atoms with E-state index in [0.29, 0.717) is 17.5 Å². The Bertz CT molecular complexity index is 617. The van der Waals surface area contributed by atoms with Crippen molar-refractivity contribution in [2.24, 2.45) is 5.73 Å². The van der Waals surface area contributed by atoms with Gasteiger partial charge < -0.3 is 5.73 Å². The monoisotopic (exact) mass is 272 g/mol. The SMILES string of the molecule is CCCCc1c(C=O)nnn1-c1ccc(C(N)=O)cc1. The number of benzene rings is 1. The second kappa shape index (κ2) is 6.10. The lowest BCUT2D eigenvalue weighted by Gasteiger charge is -2.06. The van der Waals surface area contributed by atoms with Crippen LogP contribution in [0.5, 0.6) is 0 Å². The number of unbranched alkanes of at least 4 members (excludes halogenated alkanes) is 1. The van der Waals surface area contributed by atoms with Crippen LogP contribution in [0, 0.1) is 0 Å². The molecule has 6 nitrogen and oxygen atoms in total. The molecule has 0 spiro atoms. The Morgan fingerprint density at radius 3 is 2.60 bits per heavy atom. The normalized spacial score (nSPS) is 10.4. The second-order valence-corrected chi connectivity index (χ2v) is 4.47. The lowest BCUT2D eigenvalue weighted by molar-refractivity contribution is 0.1000. The van der Waals surface area contributed by atoms with Crippen molar-refractivity contribution in [3.05, 3.63) is 41.2 Å². The van der Waals surface area contributed by atoms with Gasteiger partial charge >= 0.3 is 0 Å². The molecule has 0 saturated carbocycles. The van der Waals surface area contributed by atoms with E-state index in [9.17, 15) is 9.59 Å². The molecule has 0 unspecified atom stereocenters. The number of carbonyl (C=O) groups is 2. The number of rotatable bonds is 6. The highest BCUT2D eigenvalue weighted by Gasteiger charge is 2.13. The topological polar surface area (TPSA) is 90.9 Å². The molecule has 0 saturated heterocycles. The summed E-state index contributed by atoms with van der Waals surface area (Å²) in [7, 11) is 0. The van der Waals surface area contributed by atoms with Crippen molar-refractivity contribution in [1.82, 2.24) is 15.0 Å². The Morgan fingerprint density at radius 1 is 1.35 bits per heavy atom. The molecule has 0 atom stereocenters. The number of hydrogen-bond donors (Lipinski definition) is 1. The van der Waals surface area contributed by atoms with Crippen LogP contribution in [0.2, 0.25) is 0 Å². The summed E-state index contributed by atoms with van der Waals surface area (Å²) < 4.78 is 1.63. The van der Waals surface area contributed by atoms with Crippen LogP contribution in [0.3, 0.4) is 0 Å². The molecule has 104 valence electrons. The number of carbonyl (C=O) groups excluding carboxylic acids is 2. The molecule has 0 aliphatic heterocycles. The van der Waals surface area contributed by atoms with Crippen LogP contribution >= 0.6 is 0 Å². The molecule has 2 aromatic rings. The molecule has 2 rings (SSSR count). The average molecular weight is 272 g/mol. The maximum Gasteiger partial charge on any atom is 0.248 e. The van der Waals surface area contributed by atoms with Gasteiger partial charge in [0, 0.05) is 5.56 Å². The lowest BCUT2D eigenvalue weighted by Crippen LogP contribution is -2.11. The van der Waals surface area contributed by atoms with Gasteiger partial charge in [-0.25, -0.2) is 4.68 Å². The highest BCUT2D eigenvalue weighted by Crippen LogP contribution is 2.15. The third-order valence-corrected chi connectivity index (χ3v) is 3.07. The number of aldehydes is 1. The minimum absolute atomic E-state index is 0.359. The van der Waals surface area contributed by atoms with E-state index in [1.54, 1.807) is 28.9 Å². The molecule has 0 bridgehead atoms. The number of amides is 1. The molecule has 6 heteroatoms. The molecule has 0 fully saturated rings. The fourth-order valence-corrected chi connectivity index (χ4v) is 1.96. The number of hydrogen-bond acceptors (Lipinski definition) is 4. The molecule has 1 amide bonds. The lowest BCUT2D eigenvalue weighted by atomic mass is 10.1. The Morgan fingerprint density at radius 2 is 2.05 bits per heavy atom. The smallest absolute Gasteiger partial charge is 0.248 e. The van der Waals surface area contributed by atoms with Crippen LogP contribution in [0.1, 0.15) is 46.3 Å². The molecule has 0 aliphatic carbocycles. The van der Waals surface area contributed by atoms with Gasteiger partial charge in [-0.05, 0) is 37.1 Å². The van der Waals surface area contributed by atoms with Crippen molar-refractivity contribution in [3.8, 4) is 5.69 Å². The first-order chi connectivity index (χ1) is 9.67. The maximum atomic E-state index is 11.0. The number of nitrogens with zero attached hydrogens (tertiary/aromatic N) is 3. The molecule has 0 radical (unpaired) electrons. The fraction of sp³-hybridized carbons (Fsp3) is 0.286. The van der Waals surface area contributed by atoms with Crippen LogP contribution in [0.25, 0.3) is 5.69 Å². The van der Waals surface area contributed by atoms with Gasteiger partial charge in [0.05, 0.1) is 11.4 Å². The first-order valence-corrected chi connectivity index (χ1v) is 6.47. The van der Waals surface area contributed by atoms with Gasteiger partial charge in [0.1, 0.15) is 5.69 Å². The zero-order valence-corrected chi connectivity index (χ0v) is 11.2. The Balaban J connectivity index is 2.38. The Hall–Kier alpha value is -2.50. The third kappa shape index (κ3) is 2.74. The zero-order valence-electron chi connectivity index (χ0n) is 11.2. The summed E-state index contributed by atoms with van der Waals surface area (Å²) >= 11 is 0. The van der Waals surface area contributed by atoms with E-state index < -0.39 is 5.91 Å². The van der Waals surface area contributed by atoms with Crippen LogP contribution in [0.4, 0.5) is 0 Å². The summed E-state index contributed by atoms with van der Waals surface area (Å²) in [5, 5.41) is 7.88. The van der Waals surface area contributed by atoms with E-state index in [4.69, 9.17) is 5.73 Å². The van der Waals surface area contributed by atoms with Gasteiger partial charge in [-0.2, -0.15) is 0 Å². The largest absolute Gasteiger partial charge is 0.366 e. The Labute approximate surface area is 116 Å². The van der Waals surface area contributed by atoms with Crippen molar-refractivity contribution < 1.29 is 9.59 Å². The predicted octanol–water partition coefficient (Wildman–Crippen LogP) is 1.52. The molecule has 1 aromatic carbocycles. The summed E-state index contributed by atoms with van der Waals surface area (Å²) in [5.74, 6) is -0.477. The van der Waals surface area contributed by atoms with E-state index in [1.807, 2.05) is 0 Å². The summed E-state index contributed by atoms with van der Waals surface area (Å²) in [6.07, 6.45) is 3.42. The van der Waals surface area contributed by atoms with Crippen LogP contribution in [0.15, 0.2) is 24.3 Å². The number of aromatic nitrogens is 3. The van der Waals surface area contributed by atoms with Crippen molar-refractivity contribution in [2.75, 3.05) is 0 Å². The molecular formula is C14H16N4O2. The molecule has 1 heterocycles. The van der Waals surface area contributed by atoms with Crippen LogP contribution in [-0.4, -0.2) is 27.2 Å². The molecular weight excluding hydrogens is 256 g/mol. The first kappa shape index (κ1) is 13.9. The highest BCUT2D eigenvalue weighted by molar-refractivity contribution is 5.92. The molecule has 20 heavy (non-hydrogen) atoms. The van der Waals surface area contributed by atoms with E-state index in [-0.39, 0.29) is 0 Å². The van der Waals surface area contributed by atoms with E-state index in [1.165, 1.54) is 0 Å². The van der Waals surface area contributed by atoms with Crippen LogP contribution < -0.4 is 5.73 Å². The maximum absolute atomic E-state index is 11.0.